The van der Waals surface area contributed by atoms with E-state index < -0.39 is 23.2 Å². The SMILES string of the molecule is COCCN1C(=O)CC2(CCN(C(=O)Nc3ccc(F)cc3F)CC2)n2nccc21. The summed E-state index contributed by atoms with van der Waals surface area (Å²) < 4.78 is 33.9. The zero-order valence-corrected chi connectivity index (χ0v) is 16.6. The lowest BCUT2D eigenvalue weighted by molar-refractivity contribution is -0.123. The van der Waals surface area contributed by atoms with Gasteiger partial charge in [-0.2, -0.15) is 5.10 Å². The summed E-state index contributed by atoms with van der Waals surface area (Å²) in [4.78, 5) is 28.6. The van der Waals surface area contributed by atoms with Crippen LogP contribution in [0, 0.1) is 11.6 Å². The zero-order valence-electron chi connectivity index (χ0n) is 16.6. The number of urea groups is 1. The van der Waals surface area contributed by atoms with E-state index in [9.17, 15) is 18.4 Å². The van der Waals surface area contributed by atoms with E-state index in [-0.39, 0.29) is 11.6 Å². The van der Waals surface area contributed by atoms with E-state index in [2.05, 4.69) is 10.4 Å². The molecule has 2 aliphatic rings. The number of nitrogens with one attached hydrogen (secondary N) is 1. The first-order valence-electron chi connectivity index (χ1n) is 9.78. The van der Waals surface area contributed by atoms with Crippen molar-refractivity contribution in [1.82, 2.24) is 14.7 Å². The molecule has 8 nitrogen and oxygen atoms in total. The molecule has 160 valence electrons. The van der Waals surface area contributed by atoms with Gasteiger partial charge in [-0.25, -0.2) is 18.3 Å². The molecule has 1 N–H and O–H groups in total. The third-order valence-electron chi connectivity index (χ3n) is 5.80. The highest BCUT2D eigenvalue weighted by molar-refractivity contribution is 5.95. The van der Waals surface area contributed by atoms with E-state index in [1.165, 1.54) is 6.07 Å². The molecule has 0 radical (unpaired) electrons. The van der Waals surface area contributed by atoms with Crippen molar-refractivity contribution in [2.75, 3.05) is 43.6 Å². The van der Waals surface area contributed by atoms with Crippen LogP contribution < -0.4 is 10.2 Å². The van der Waals surface area contributed by atoms with Crippen LogP contribution in [0.15, 0.2) is 30.5 Å². The number of rotatable bonds is 4. The Bertz CT molecular complexity index is 956. The van der Waals surface area contributed by atoms with Crippen LogP contribution in [0.3, 0.4) is 0 Å². The van der Waals surface area contributed by atoms with Gasteiger partial charge in [0.25, 0.3) is 0 Å². The largest absolute Gasteiger partial charge is 0.383 e. The van der Waals surface area contributed by atoms with Gasteiger partial charge in [0.2, 0.25) is 5.91 Å². The molecule has 4 rings (SSSR count). The average Bonchev–Trinajstić information content (AvgIpc) is 3.21. The number of fused-ring (bicyclic) bond motifs is 2. The lowest BCUT2D eigenvalue weighted by atomic mass is 9.82. The number of hydrogen-bond acceptors (Lipinski definition) is 4. The summed E-state index contributed by atoms with van der Waals surface area (Å²) in [6.07, 6.45) is 3.06. The molecule has 3 heterocycles. The number of carbonyl (C=O) groups is 2. The molecule has 0 aliphatic carbocycles. The molecule has 0 atom stereocenters. The molecule has 1 aromatic heterocycles. The highest BCUT2D eigenvalue weighted by atomic mass is 19.1. The summed E-state index contributed by atoms with van der Waals surface area (Å²) in [6, 6.07) is 4.36. The number of piperidine rings is 1. The minimum absolute atomic E-state index is 0.00587. The zero-order chi connectivity index (χ0) is 21.3. The first-order valence-corrected chi connectivity index (χ1v) is 9.78. The summed E-state index contributed by atoms with van der Waals surface area (Å²) in [7, 11) is 1.59. The Labute approximate surface area is 172 Å². The van der Waals surface area contributed by atoms with Crippen molar-refractivity contribution in [2.24, 2.45) is 0 Å². The second kappa shape index (κ2) is 8.02. The van der Waals surface area contributed by atoms with Gasteiger partial charge >= 0.3 is 6.03 Å². The summed E-state index contributed by atoms with van der Waals surface area (Å²) in [5.41, 5.74) is -0.560. The molecular formula is C20H23F2N5O3. The minimum Gasteiger partial charge on any atom is -0.383 e. The monoisotopic (exact) mass is 419 g/mol. The van der Waals surface area contributed by atoms with Gasteiger partial charge in [-0.3, -0.25) is 9.69 Å². The van der Waals surface area contributed by atoms with Crippen LogP contribution in [0.2, 0.25) is 0 Å². The molecule has 1 fully saturated rings. The Morgan fingerprint density at radius 3 is 2.73 bits per heavy atom. The van der Waals surface area contributed by atoms with Crippen molar-refractivity contribution >= 4 is 23.4 Å². The molecule has 2 aromatic rings. The van der Waals surface area contributed by atoms with E-state index in [1.54, 1.807) is 23.1 Å². The van der Waals surface area contributed by atoms with Gasteiger partial charge in [0.1, 0.15) is 17.5 Å². The number of benzene rings is 1. The van der Waals surface area contributed by atoms with E-state index in [0.717, 1.165) is 18.0 Å². The summed E-state index contributed by atoms with van der Waals surface area (Å²) in [5, 5.41) is 6.95. The number of hydrogen-bond donors (Lipinski definition) is 1. The van der Waals surface area contributed by atoms with Crippen LogP contribution in [-0.4, -0.2) is 60.0 Å². The lowest BCUT2D eigenvalue weighted by Crippen LogP contribution is -2.55. The standard InChI is InChI=1S/C20H23F2N5O3/c1-30-11-10-26-17-4-7-23-27(17)20(13-18(26)28)5-8-25(9-6-20)19(29)24-16-3-2-14(21)12-15(16)22/h2-4,7,12H,5-6,8-11,13H2,1H3,(H,24,29). The van der Waals surface area contributed by atoms with Gasteiger partial charge in [-0.05, 0) is 25.0 Å². The molecule has 1 aromatic carbocycles. The summed E-state index contributed by atoms with van der Waals surface area (Å²) in [6.45, 7) is 1.66. The van der Waals surface area contributed by atoms with Gasteiger partial charge in [-0.15, -0.1) is 0 Å². The number of anilines is 2. The maximum Gasteiger partial charge on any atom is 0.321 e. The maximum absolute atomic E-state index is 13.8. The molecule has 2 aliphatic heterocycles. The number of nitrogens with zero attached hydrogens (tertiary/aromatic N) is 4. The van der Waals surface area contributed by atoms with E-state index in [4.69, 9.17) is 4.74 Å². The first kappa shape index (κ1) is 20.3. The van der Waals surface area contributed by atoms with Gasteiger partial charge in [0, 0.05) is 32.3 Å². The Kier molecular flexibility index (Phi) is 5.42. The first-order chi connectivity index (χ1) is 14.4. The third kappa shape index (κ3) is 3.62. The van der Waals surface area contributed by atoms with Crippen molar-refractivity contribution in [1.29, 1.82) is 0 Å². The quantitative estimate of drug-likeness (QED) is 0.826. The normalized spacial score (nSPS) is 17.9. The number of carbonyl (C=O) groups excluding carboxylic acids is 2. The molecule has 3 amide bonds. The number of halogens is 2. The molecule has 30 heavy (non-hydrogen) atoms. The van der Waals surface area contributed by atoms with Crippen molar-refractivity contribution in [2.45, 2.75) is 24.8 Å². The Morgan fingerprint density at radius 1 is 1.27 bits per heavy atom. The average molecular weight is 419 g/mol. The second-order valence-corrected chi connectivity index (χ2v) is 7.58. The predicted octanol–water partition coefficient (Wildman–Crippen LogP) is 2.57. The van der Waals surface area contributed by atoms with Crippen LogP contribution in [0.25, 0.3) is 0 Å². The Morgan fingerprint density at radius 2 is 2.03 bits per heavy atom. The minimum atomic E-state index is -0.827. The van der Waals surface area contributed by atoms with Crippen molar-refractivity contribution < 1.29 is 23.1 Å². The predicted molar refractivity (Wildman–Crippen MR) is 105 cm³/mol. The fourth-order valence-corrected chi connectivity index (χ4v) is 4.17. The highest BCUT2D eigenvalue weighted by Gasteiger charge is 2.46. The molecule has 10 heteroatoms. The van der Waals surface area contributed by atoms with E-state index in [0.29, 0.717) is 45.5 Å². The lowest BCUT2D eigenvalue weighted by Gasteiger charge is -2.46. The Balaban J connectivity index is 1.46. The van der Waals surface area contributed by atoms with E-state index >= 15 is 0 Å². The van der Waals surface area contributed by atoms with Gasteiger partial charge in [0.05, 0.1) is 37.0 Å². The second-order valence-electron chi connectivity index (χ2n) is 7.58. The topological polar surface area (TPSA) is 79.7 Å². The number of ether oxygens (including phenoxy) is 1. The van der Waals surface area contributed by atoms with Gasteiger partial charge < -0.3 is 15.0 Å². The van der Waals surface area contributed by atoms with Crippen molar-refractivity contribution in [3.05, 3.63) is 42.1 Å². The summed E-state index contributed by atoms with van der Waals surface area (Å²) >= 11 is 0. The van der Waals surface area contributed by atoms with Gasteiger partial charge in [-0.1, -0.05) is 0 Å². The summed E-state index contributed by atoms with van der Waals surface area (Å²) in [5.74, 6) is -0.796. The Hall–Kier alpha value is -3.01. The van der Waals surface area contributed by atoms with Gasteiger partial charge in [0.15, 0.2) is 0 Å². The number of aromatic nitrogens is 2. The molecule has 1 saturated heterocycles. The van der Waals surface area contributed by atoms with Crippen LogP contribution in [0.1, 0.15) is 19.3 Å². The third-order valence-corrected chi connectivity index (χ3v) is 5.80. The number of likely N-dealkylation sites (tertiary alicyclic amines) is 1. The van der Waals surface area contributed by atoms with Crippen LogP contribution in [0.5, 0.6) is 0 Å². The molecule has 1 spiro atoms. The van der Waals surface area contributed by atoms with Crippen LogP contribution >= 0.6 is 0 Å². The fourth-order valence-electron chi connectivity index (χ4n) is 4.17. The van der Waals surface area contributed by atoms with Crippen LogP contribution in [-0.2, 0) is 15.1 Å². The molecular weight excluding hydrogens is 396 g/mol. The number of methoxy groups -OCH3 is 1. The van der Waals surface area contributed by atoms with Crippen molar-refractivity contribution in [3.63, 3.8) is 0 Å². The highest BCUT2D eigenvalue weighted by Crippen LogP contribution is 2.40. The fraction of sp³-hybridized carbons (Fsp3) is 0.450. The maximum atomic E-state index is 13.8. The van der Waals surface area contributed by atoms with E-state index in [1.807, 2.05) is 10.7 Å². The van der Waals surface area contributed by atoms with Crippen molar-refractivity contribution in [3.8, 4) is 0 Å². The molecule has 0 unspecified atom stereocenters. The smallest absolute Gasteiger partial charge is 0.321 e. The molecule has 0 saturated carbocycles. The molecule has 0 bridgehead atoms. The number of amides is 3. The van der Waals surface area contributed by atoms with Crippen LogP contribution in [0.4, 0.5) is 25.1 Å².